The second kappa shape index (κ2) is 5.63. The number of thioether (sulfide) groups is 1. The average molecular weight is 297 g/mol. The molecular weight excluding hydrogens is 284 g/mol. The number of hydrogen-bond donors (Lipinski definition) is 1. The number of carbonyl (C=O) groups excluding carboxylic acids is 1. The third kappa shape index (κ3) is 3.08. The van der Waals surface area contributed by atoms with Crippen molar-refractivity contribution in [3.8, 4) is 11.4 Å². The summed E-state index contributed by atoms with van der Waals surface area (Å²) in [6, 6.07) is 7.34. The number of nitrogens with zero attached hydrogens (tertiary/aromatic N) is 3. The largest absolute Gasteiger partial charge is 0.369 e. The second-order valence-electron chi connectivity index (χ2n) is 4.03. The predicted octanol–water partition coefficient (Wildman–Crippen LogP) is 2.10. The van der Waals surface area contributed by atoms with Crippen molar-refractivity contribution in [2.75, 3.05) is 0 Å². The molecule has 5 nitrogen and oxygen atoms in total. The maximum atomic E-state index is 11.1. The Hall–Kier alpha value is -1.53. The first kappa shape index (κ1) is 13.9. The van der Waals surface area contributed by atoms with Crippen molar-refractivity contribution in [3.05, 3.63) is 29.3 Å². The number of carbonyl (C=O) groups is 1. The van der Waals surface area contributed by atoms with Gasteiger partial charge in [0.1, 0.15) is 0 Å². The van der Waals surface area contributed by atoms with E-state index in [1.165, 1.54) is 11.8 Å². The normalized spacial score (nSPS) is 12.4. The highest BCUT2D eigenvalue weighted by Gasteiger charge is 2.17. The molecule has 1 aromatic heterocycles. The van der Waals surface area contributed by atoms with Gasteiger partial charge in [-0.25, -0.2) is 0 Å². The van der Waals surface area contributed by atoms with Crippen LogP contribution in [-0.2, 0) is 11.8 Å². The molecule has 0 spiro atoms. The molecule has 2 rings (SSSR count). The summed E-state index contributed by atoms with van der Waals surface area (Å²) in [5.41, 5.74) is 6.15. The summed E-state index contributed by atoms with van der Waals surface area (Å²) in [5.74, 6) is 0.344. The van der Waals surface area contributed by atoms with Crippen molar-refractivity contribution in [2.24, 2.45) is 12.8 Å². The molecule has 1 heterocycles. The van der Waals surface area contributed by atoms with Gasteiger partial charge in [-0.2, -0.15) is 0 Å². The molecule has 2 aromatic rings. The van der Waals surface area contributed by atoms with Crippen LogP contribution in [0.2, 0.25) is 5.02 Å². The molecule has 0 unspecified atom stereocenters. The molecule has 0 aliphatic heterocycles. The molecule has 1 aromatic carbocycles. The first-order valence-electron chi connectivity index (χ1n) is 5.60. The van der Waals surface area contributed by atoms with Gasteiger partial charge in [-0.1, -0.05) is 23.4 Å². The number of primary amides is 1. The van der Waals surface area contributed by atoms with E-state index in [0.717, 1.165) is 11.4 Å². The minimum absolute atomic E-state index is 0.346. The third-order valence-electron chi connectivity index (χ3n) is 2.62. The molecule has 2 N–H and O–H groups in total. The van der Waals surface area contributed by atoms with E-state index in [1.54, 1.807) is 19.1 Å². The highest BCUT2D eigenvalue weighted by Crippen LogP contribution is 2.26. The molecule has 0 radical (unpaired) electrons. The maximum Gasteiger partial charge on any atom is 0.230 e. The predicted molar refractivity (Wildman–Crippen MR) is 76.0 cm³/mol. The van der Waals surface area contributed by atoms with E-state index in [-0.39, 0.29) is 11.2 Å². The van der Waals surface area contributed by atoms with E-state index < -0.39 is 0 Å². The Bertz CT molecular complexity index is 596. The number of aromatic nitrogens is 3. The zero-order valence-electron chi connectivity index (χ0n) is 10.5. The Morgan fingerprint density at radius 3 is 2.58 bits per heavy atom. The standard InChI is InChI=1S/C12H13ClN4OS/c1-7(10(14)18)19-12-16-15-11(17(12)2)8-3-5-9(13)6-4-8/h3-7H,1-2H3,(H2,14,18)/t7-/m1/s1. The summed E-state index contributed by atoms with van der Waals surface area (Å²) in [7, 11) is 1.85. The van der Waals surface area contributed by atoms with E-state index in [2.05, 4.69) is 10.2 Å². The zero-order valence-corrected chi connectivity index (χ0v) is 12.1. The minimum Gasteiger partial charge on any atom is -0.369 e. The maximum absolute atomic E-state index is 11.1. The lowest BCUT2D eigenvalue weighted by molar-refractivity contribution is -0.117. The van der Waals surface area contributed by atoms with Crippen LogP contribution in [0.1, 0.15) is 6.92 Å². The van der Waals surface area contributed by atoms with Gasteiger partial charge < -0.3 is 10.3 Å². The number of benzene rings is 1. The lowest BCUT2D eigenvalue weighted by Crippen LogP contribution is -2.22. The van der Waals surface area contributed by atoms with Gasteiger partial charge in [-0.3, -0.25) is 4.79 Å². The van der Waals surface area contributed by atoms with Crippen molar-refractivity contribution >= 4 is 29.3 Å². The van der Waals surface area contributed by atoms with Gasteiger partial charge in [-0.05, 0) is 31.2 Å². The molecule has 100 valence electrons. The minimum atomic E-state index is -0.374. The third-order valence-corrected chi connectivity index (χ3v) is 4.02. The smallest absolute Gasteiger partial charge is 0.230 e. The van der Waals surface area contributed by atoms with Gasteiger partial charge in [-0.15, -0.1) is 10.2 Å². The summed E-state index contributed by atoms with van der Waals surface area (Å²) in [6.07, 6.45) is 0. The van der Waals surface area contributed by atoms with Crippen LogP contribution in [0, 0.1) is 0 Å². The molecule has 1 amide bonds. The number of hydrogen-bond acceptors (Lipinski definition) is 4. The highest BCUT2D eigenvalue weighted by molar-refractivity contribution is 8.00. The van der Waals surface area contributed by atoms with Crippen LogP contribution in [0.5, 0.6) is 0 Å². The van der Waals surface area contributed by atoms with Gasteiger partial charge >= 0.3 is 0 Å². The Balaban J connectivity index is 2.27. The van der Waals surface area contributed by atoms with Crippen molar-refractivity contribution in [2.45, 2.75) is 17.3 Å². The number of rotatable bonds is 4. The summed E-state index contributed by atoms with van der Waals surface area (Å²) < 4.78 is 1.83. The summed E-state index contributed by atoms with van der Waals surface area (Å²) >= 11 is 7.14. The quantitative estimate of drug-likeness (QED) is 0.877. The molecule has 7 heteroatoms. The SMILES string of the molecule is C[C@@H](Sc1nnc(-c2ccc(Cl)cc2)n1C)C(N)=O. The summed E-state index contributed by atoms with van der Waals surface area (Å²) in [5, 5.41) is 9.17. The van der Waals surface area contributed by atoms with E-state index in [1.807, 2.05) is 23.7 Å². The van der Waals surface area contributed by atoms with Gasteiger partial charge in [0.15, 0.2) is 11.0 Å². The fraction of sp³-hybridized carbons (Fsp3) is 0.250. The Labute approximate surface area is 120 Å². The Morgan fingerprint density at radius 2 is 2.00 bits per heavy atom. The molecule has 0 saturated carbocycles. The van der Waals surface area contributed by atoms with E-state index in [0.29, 0.717) is 10.2 Å². The van der Waals surface area contributed by atoms with Crippen LogP contribution in [0.3, 0.4) is 0 Å². The fourth-order valence-corrected chi connectivity index (χ4v) is 2.37. The van der Waals surface area contributed by atoms with Crippen molar-refractivity contribution in [1.29, 1.82) is 0 Å². The molecule has 0 fully saturated rings. The molecule has 19 heavy (non-hydrogen) atoms. The van der Waals surface area contributed by atoms with Gasteiger partial charge in [0.05, 0.1) is 5.25 Å². The van der Waals surface area contributed by atoms with Crippen molar-refractivity contribution in [3.63, 3.8) is 0 Å². The van der Waals surface area contributed by atoms with Crippen LogP contribution >= 0.6 is 23.4 Å². The molecule has 0 saturated heterocycles. The van der Waals surface area contributed by atoms with Gasteiger partial charge in [0.25, 0.3) is 0 Å². The first-order valence-corrected chi connectivity index (χ1v) is 6.86. The topological polar surface area (TPSA) is 73.8 Å². The molecule has 1 atom stereocenters. The zero-order chi connectivity index (χ0) is 14.0. The molecule has 0 aliphatic carbocycles. The average Bonchev–Trinajstić information content (AvgIpc) is 2.72. The van der Waals surface area contributed by atoms with Crippen LogP contribution in [0.15, 0.2) is 29.4 Å². The fourth-order valence-electron chi connectivity index (χ4n) is 1.48. The number of nitrogens with two attached hydrogens (primary N) is 1. The number of amides is 1. The van der Waals surface area contributed by atoms with Crippen LogP contribution in [-0.4, -0.2) is 25.9 Å². The molecular formula is C12H13ClN4OS. The Kier molecular flexibility index (Phi) is 4.11. The first-order chi connectivity index (χ1) is 8.99. The van der Waals surface area contributed by atoms with Crippen molar-refractivity contribution in [1.82, 2.24) is 14.8 Å². The summed E-state index contributed by atoms with van der Waals surface area (Å²) in [6.45, 7) is 1.74. The molecule has 0 bridgehead atoms. The monoisotopic (exact) mass is 296 g/mol. The molecule has 0 aliphatic rings. The van der Waals surface area contributed by atoms with Crippen LogP contribution in [0.25, 0.3) is 11.4 Å². The van der Waals surface area contributed by atoms with Gasteiger partial charge in [0, 0.05) is 17.6 Å². The lowest BCUT2D eigenvalue weighted by Gasteiger charge is -2.07. The van der Waals surface area contributed by atoms with Crippen molar-refractivity contribution < 1.29 is 4.79 Å². The number of halogens is 1. The van der Waals surface area contributed by atoms with E-state index >= 15 is 0 Å². The van der Waals surface area contributed by atoms with Crippen LogP contribution in [0.4, 0.5) is 0 Å². The highest BCUT2D eigenvalue weighted by atomic mass is 35.5. The van der Waals surface area contributed by atoms with E-state index in [4.69, 9.17) is 17.3 Å². The Morgan fingerprint density at radius 1 is 1.37 bits per heavy atom. The second-order valence-corrected chi connectivity index (χ2v) is 5.78. The summed E-state index contributed by atoms with van der Waals surface area (Å²) in [4.78, 5) is 11.1. The van der Waals surface area contributed by atoms with Gasteiger partial charge in [0.2, 0.25) is 5.91 Å². The lowest BCUT2D eigenvalue weighted by atomic mass is 10.2. The van der Waals surface area contributed by atoms with Crippen LogP contribution < -0.4 is 5.73 Å². The van der Waals surface area contributed by atoms with E-state index in [9.17, 15) is 4.79 Å².